The van der Waals surface area contributed by atoms with Crippen molar-refractivity contribution in [3.05, 3.63) is 54.9 Å². The molecule has 1 saturated heterocycles. The normalized spacial score (nSPS) is 16.0. The van der Waals surface area contributed by atoms with Crippen molar-refractivity contribution in [3.63, 3.8) is 0 Å². The minimum absolute atomic E-state index is 0.102. The molecule has 0 saturated carbocycles. The lowest BCUT2D eigenvalue weighted by Crippen LogP contribution is -2.48. The zero-order chi connectivity index (χ0) is 16.6. The third-order valence-corrected chi connectivity index (χ3v) is 5.65. The van der Waals surface area contributed by atoms with Gasteiger partial charge in [-0.1, -0.05) is 5.16 Å². The van der Waals surface area contributed by atoms with Crippen LogP contribution in [0.15, 0.2) is 58.5 Å². The molecule has 1 aliphatic rings. The first-order chi connectivity index (χ1) is 11.6. The van der Waals surface area contributed by atoms with Crippen LogP contribution in [-0.2, 0) is 10.0 Å². The fraction of sp³-hybridized carbons (Fsp3) is 0.200. The first-order valence-corrected chi connectivity index (χ1v) is 8.73. The number of hydrogen-bond donors (Lipinski definition) is 0. The fourth-order valence-corrected chi connectivity index (χ4v) is 3.95. The number of pyridine rings is 2. The van der Waals surface area contributed by atoms with Gasteiger partial charge in [-0.15, -0.1) is 0 Å². The molecule has 0 amide bonds. The van der Waals surface area contributed by atoms with Gasteiger partial charge in [0.2, 0.25) is 21.7 Å². The minimum atomic E-state index is -3.52. The molecule has 122 valence electrons. The van der Waals surface area contributed by atoms with E-state index in [0.717, 1.165) is 5.56 Å². The van der Waals surface area contributed by atoms with E-state index < -0.39 is 10.0 Å². The lowest BCUT2D eigenvalue weighted by atomic mass is 10.0. The highest BCUT2D eigenvalue weighted by Gasteiger charge is 2.40. The Kier molecular flexibility index (Phi) is 3.58. The molecule has 1 aliphatic heterocycles. The van der Waals surface area contributed by atoms with E-state index in [1.807, 2.05) is 6.07 Å². The van der Waals surface area contributed by atoms with E-state index in [2.05, 4.69) is 20.1 Å². The molecule has 0 bridgehead atoms. The first kappa shape index (κ1) is 14.9. The standard InChI is InChI=1S/C15H13N5O3S/c21-24(22,13-4-2-6-17-8-13)20-9-12(10-20)15-18-14(19-23-15)11-3-1-5-16-7-11/h1-8,12H,9-10H2. The number of aromatic nitrogens is 4. The molecule has 0 N–H and O–H groups in total. The first-order valence-electron chi connectivity index (χ1n) is 7.29. The zero-order valence-electron chi connectivity index (χ0n) is 12.5. The van der Waals surface area contributed by atoms with Crippen LogP contribution in [0.25, 0.3) is 11.4 Å². The maximum Gasteiger partial charge on any atom is 0.244 e. The van der Waals surface area contributed by atoms with Gasteiger partial charge in [-0.3, -0.25) is 9.97 Å². The van der Waals surface area contributed by atoms with Gasteiger partial charge in [-0.05, 0) is 24.3 Å². The molecule has 9 heteroatoms. The van der Waals surface area contributed by atoms with E-state index >= 15 is 0 Å². The molecule has 4 rings (SSSR count). The quantitative estimate of drug-likeness (QED) is 0.704. The molecule has 0 spiro atoms. The summed E-state index contributed by atoms with van der Waals surface area (Å²) in [5.41, 5.74) is 0.756. The Morgan fingerprint density at radius 3 is 2.50 bits per heavy atom. The maximum atomic E-state index is 12.4. The minimum Gasteiger partial charge on any atom is -0.339 e. The topological polar surface area (TPSA) is 102 Å². The molecule has 4 heterocycles. The summed E-state index contributed by atoms with van der Waals surface area (Å²) in [6.45, 7) is 0.623. The van der Waals surface area contributed by atoms with E-state index in [4.69, 9.17) is 4.52 Å². The van der Waals surface area contributed by atoms with Crippen LogP contribution in [0.5, 0.6) is 0 Å². The van der Waals surface area contributed by atoms with E-state index in [-0.39, 0.29) is 10.8 Å². The summed E-state index contributed by atoms with van der Waals surface area (Å²) in [4.78, 5) is 12.4. The second kappa shape index (κ2) is 5.77. The Balaban J connectivity index is 1.48. The van der Waals surface area contributed by atoms with Gasteiger partial charge >= 0.3 is 0 Å². The molecule has 3 aromatic heterocycles. The van der Waals surface area contributed by atoms with Crippen LogP contribution in [0.3, 0.4) is 0 Å². The van der Waals surface area contributed by atoms with Crippen LogP contribution in [0.4, 0.5) is 0 Å². The van der Waals surface area contributed by atoms with Gasteiger partial charge < -0.3 is 4.52 Å². The third kappa shape index (κ3) is 2.57. The molecular formula is C15H13N5O3S. The molecule has 24 heavy (non-hydrogen) atoms. The average Bonchev–Trinajstić information content (AvgIpc) is 3.04. The van der Waals surface area contributed by atoms with Crippen molar-refractivity contribution < 1.29 is 12.9 Å². The van der Waals surface area contributed by atoms with Gasteiger partial charge in [0.25, 0.3) is 0 Å². The van der Waals surface area contributed by atoms with Gasteiger partial charge in [-0.25, -0.2) is 8.42 Å². The van der Waals surface area contributed by atoms with Crippen molar-refractivity contribution in [2.45, 2.75) is 10.8 Å². The molecular weight excluding hydrogens is 330 g/mol. The molecule has 0 atom stereocenters. The predicted molar refractivity (Wildman–Crippen MR) is 83.3 cm³/mol. The smallest absolute Gasteiger partial charge is 0.244 e. The van der Waals surface area contributed by atoms with Gasteiger partial charge in [-0.2, -0.15) is 9.29 Å². The molecule has 0 aliphatic carbocycles. The SMILES string of the molecule is O=S(=O)(c1cccnc1)N1CC(c2nc(-c3cccnc3)no2)C1. The largest absolute Gasteiger partial charge is 0.339 e. The van der Waals surface area contributed by atoms with Crippen LogP contribution in [0.2, 0.25) is 0 Å². The number of sulfonamides is 1. The highest BCUT2D eigenvalue weighted by molar-refractivity contribution is 7.89. The van der Waals surface area contributed by atoms with E-state index in [1.54, 1.807) is 24.5 Å². The predicted octanol–water partition coefficient (Wildman–Crippen LogP) is 1.31. The van der Waals surface area contributed by atoms with Crippen molar-refractivity contribution in [1.29, 1.82) is 0 Å². The van der Waals surface area contributed by atoms with Gasteiger partial charge in [0.05, 0.1) is 5.92 Å². The summed E-state index contributed by atoms with van der Waals surface area (Å²) in [5.74, 6) is 0.785. The van der Waals surface area contributed by atoms with Crippen molar-refractivity contribution >= 4 is 10.0 Å². The highest BCUT2D eigenvalue weighted by Crippen LogP contribution is 2.31. The Labute approximate surface area is 138 Å². The van der Waals surface area contributed by atoms with E-state index in [1.165, 1.54) is 22.8 Å². The van der Waals surface area contributed by atoms with Crippen molar-refractivity contribution in [3.8, 4) is 11.4 Å². The zero-order valence-corrected chi connectivity index (χ0v) is 13.3. The van der Waals surface area contributed by atoms with Crippen LogP contribution in [0, 0.1) is 0 Å². The summed E-state index contributed by atoms with van der Waals surface area (Å²) in [7, 11) is -3.52. The lowest BCUT2D eigenvalue weighted by molar-refractivity contribution is 0.217. The molecule has 0 unspecified atom stereocenters. The lowest BCUT2D eigenvalue weighted by Gasteiger charge is -2.35. The molecule has 0 radical (unpaired) electrons. The molecule has 0 aromatic carbocycles. The van der Waals surface area contributed by atoms with Crippen molar-refractivity contribution in [2.24, 2.45) is 0 Å². The summed E-state index contributed by atoms with van der Waals surface area (Å²) < 4.78 is 31.5. The molecule has 1 fully saturated rings. The Morgan fingerprint density at radius 1 is 1.08 bits per heavy atom. The van der Waals surface area contributed by atoms with Crippen LogP contribution < -0.4 is 0 Å². The fourth-order valence-electron chi connectivity index (χ4n) is 2.45. The second-order valence-electron chi connectivity index (χ2n) is 5.41. The number of nitrogens with zero attached hydrogens (tertiary/aromatic N) is 5. The second-order valence-corrected chi connectivity index (χ2v) is 7.34. The average molecular weight is 343 g/mol. The summed E-state index contributed by atoms with van der Waals surface area (Å²) in [5, 5.41) is 3.93. The Bertz CT molecular complexity index is 938. The number of hydrogen-bond acceptors (Lipinski definition) is 7. The number of rotatable bonds is 4. The van der Waals surface area contributed by atoms with Crippen LogP contribution in [0.1, 0.15) is 11.8 Å². The van der Waals surface area contributed by atoms with Crippen LogP contribution >= 0.6 is 0 Å². The summed E-state index contributed by atoms with van der Waals surface area (Å²) >= 11 is 0. The van der Waals surface area contributed by atoms with E-state index in [0.29, 0.717) is 24.8 Å². The monoisotopic (exact) mass is 343 g/mol. The van der Waals surface area contributed by atoms with Crippen molar-refractivity contribution in [1.82, 2.24) is 24.4 Å². The molecule has 3 aromatic rings. The van der Waals surface area contributed by atoms with Gasteiger partial charge in [0.15, 0.2) is 0 Å². The molecule has 8 nitrogen and oxygen atoms in total. The van der Waals surface area contributed by atoms with Gasteiger partial charge in [0.1, 0.15) is 4.90 Å². The maximum absolute atomic E-state index is 12.4. The van der Waals surface area contributed by atoms with Gasteiger partial charge in [0, 0.05) is 43.4 Å². The summed E-state index contributed by atoms with van der Waals surface area (Å²) in [6.07, 6.45) is 6.19. The van der Waals surface area contributed by atoms with E-state index in [9.17, 15) is 8.42 Å². The van der Waals surface area contributed by atoms with Crippen LogP contribution in [-0.4, -0.2) is 45.9 Å². The highest BCUT2D eigenvalue weighted by atomic mass is 32.2. The third-order valence-electron chi connectivity index (χ3n) is 3.83. The Morgan fingerprint density at radius 2 is 1.83 bits per heavy atom. The summed E-state index contributed by atoms with van der Waals surface area (Å²) in [6, 6.07) is 6.75. The Hall–Kier alpha value is -2.65. The van der Waals surface area contributed by atoms with Crippen molar-refractivity contribution in [2.75, 3.05) is 13.1 Å².